The van der Waals surface area contributed by atoms with Crippen LogP contribution in [0, 0.1) is 0 Å². The molecule has 5 aromatic carbocycles. The Balaban J connectivity index is 0.000000127. The number of hydrogen-bond donors (Lipinski definition) is 0. The van der Waals surface area contributed by atoms with Crippen LogP contribution in [-0.4, -0.2) is 142 Å². The number of likely N-dealkylation sites (tertiary alicyclic amines) is 2. The molecule has 0 saturated carbocycles. The van der Waals surface area contributed by atoms with Crippen molar-refractivity contribution >= 4 is 67.2 Å². The minimum absolute atomic E-state index is 0.0439. The monoisotopic (exact) mass is 1380 g/mol. The zero-order chi connectivity index (χ0) is 70.5. The summed E-state index contributed by atoms with van der Waals surface area (Å²) >= 11 is 0. The van der Waals surface area contributed by atoms with Crippen LogP contribution in [0.1, 0.15) is 184 Å². The van der Waals surface area contributed by atoms with Gasteiger partial charge in [0.1, 0.15) is 32.4 Å². The first-order valence-corrected chi connectivity index (χ1v) is 37.9. The van der Waals surface area contributed by atoms with Gasteiger partial charge in [0.2, 0.25) is 23.6 Å². The van der Waals surface area contributed by atoms with Crippen molar-refractivity contribution in [3.05, 3.63) is 172 Å². The summed E-state index contributed by atoms with van der Waals surface area (Å²) in [5, 5.41) is 4.39. The molecule has 2 aliphatic heterocycles. The van der Waals surface area contributed by atoms with Gasteiger partial charge in [-0.2, -0.15) is 0 Å². The van der Waals surface area contributed by atoms with Gasteiger partial charge in [-0.25, -0.2) is 17.6 Å². The SMILES string of the molecule is CCN(CC)C(=O)C1CCCc2c1c1c(OC)cccc1n2CC[18F].CN(Cc1ccccc1)C(=O)C1CCCc2c1c1ccccc1n2CC[18F].O=C(C1CCCc2c1c1ccccc1n2CC[18F])N1CCCCC1.O=C(C1CCCc2c1c1ccccc1n2CC[18F])N1CCCCCC1. The lowest BCUT2D eigenvalue weighted by Crippen LogP contribution is -2.39. The van der Waals surface area contributed by atoms with Crippen molar-refractivity contribution in [1.82, 2.24) is 37.9 Å². The third kappa shape index (κ3) is 15.0. The van der Waals surface area contributed by atoms with Gasteiger partial charge in [-0.05, 0) is 181 Å². The maximum atomic E-state index is 13.3. The fourth-order valence-corrected chi connectivity index (χ4v) is 18.0. The Bertz CT molecular complexity index is 4300. The Hall–Kier alpha value is -8.34. The Morgan fingerprint density at radius 3 is 1.19 bits per heavy atom. The summed E-state index contributed by atoms with van der Waals surface area (Å²) in [7, 11) is 3.53. The van der Waals surface area contributed by atoms with Crippen molar-refractivity contribution in [3.63, 3.8) is 0 Å². The minimum Gasteiger partial charge on any atom is -0.496 e. The van der Waals surface area contributed by atoms with Crippen molar-refractivity contribution < 1.29 is 41.5 Å². The quantitative estimate of drug-likeness (QED) is 0.0844. The lowest BCUT2D eigenvalue weighted by atomic mass is 9.83. The zero-order valence-electron chi connectivity index (χ0n) is 60.0. The highest BCUT2D eigenvalue weighted by Gasteiger charge is 2.39. The minimum atomic E-state index is -0.415. The van der Waals surface area contributed by atoms with Crippen LogP contribution in [0.3, 0.4) is 0 Å². The van der Waals surface area contributed by atoms with Gasteiger partial charge in [-0.3, -0.25) is 19.2 Å². The lowest BCUT2D eigenvalue weighted by Gasteiger charge is -2.32. The number of ether oxygens (including phenoxy) is 1. The molecule has 0 radical (unpaired) electrons. The van der Waals surface area contributed by atoms with E-state index < -0.39 is 13.3 Å². The first-order chi connectivity index (χ1) is 49.5. The third-order valence-corrected chi connectivity index (χ3v) is 22.5. The fraction of sp³-hybridized carbons (Fsp3) is 0.500. The predicted octanol–water partition coefficient (Wildman–Crippen LogP) is 17.1. The van der Waals surface area contributed by atoms with Crippen molar-refractivity contribution in [1.29, 1.82) is 0 Å². The maximum Gasteiger partial charge on any atom is 0.230 e. The largest absolute Gasteiger partial charge is 0.496 e. The van der Waals surface area contributed by atoms with Gasteiger partial charge >= 0.3 is 0 Å². The highest BCUT2D eigenvalue weighted by Crippen LogP contribution is 2.46. The van der Waals surface area contributed by atoms with Crippen LogP contribution < -0.4 is 4.74 Å². The van der Waals surface area contributed by atoms with Gasteiger partial charge in [0.25, 0.3) is 0 Å². The number of aryl methyl sites for hydroxylation is 4. The van der Waals surface area contributed by atoms with Gasteiger partial charge in [0.15, 0.2) is 0 Å². The molecule has 6 heterocycles. The number of aromatic nitrogens is 4. The summed E-state index contributed by atoms with van der Waals surface area (Å²) in [6.07, 6.45) is 19.4. The third-order valence-electron chi connectivity index (χ3n) is 22.5. The normalized spacial score (nSPS) is 18.7. The second kappa shape index (κ2) is 34.1. The molecular formula is C84H104F4N8O5. The second-order valence-electron chi connectivity index (χ2n) is 28.3. The number of fused-ring (bicyclic) bond motifs is 12. The molecule has 13 nitrogen and oxygen atoms in total. The first-order valence-electron chi connectivity index (χ1n) is 37.9. The number of halogens is 4. The van der Waals surface area contributed by atoms with E-state index in [0.717, 1.165) is 206 Å². The van der Waals surface area contributed by atoms with E-state index in [1.165, 1.54) is 41.8 Å². The number of likely N-dealkylation sites (N-methyl/N-ethyl adjacent to an activating group) is 2. The smallest absolute Gasteiger partial charge is 0.230 e. The van der Waals surface area contributed by atoms with Crippen molar-refractivity contribution in [2.75, 3.05) is 80.1 Å². The Kier molecular flexibility index (Phi) is 24.5. The number of carbonyl (C=O) groups is 4. The average molecular weight is 1380 g/mol. The molecule has 4 unspecified atom stereocenters. The van der Waals surface area contributed by atoms with Gasteiger partial charge in [-0.1, -0.05) is 104 Å². The molecule has 17 heteroatoms. The molecule has 101 heavy (non-hydrogen) atoms. The van der Waals surface area contributed by atoms with E-state index in [1.807, 2.05) is 122 Å². The Morgan fingerprint density at radius 2 is 0.772 bits per heavy atom. The number of para-hydroxylation sites is 3. The molecule has 2 saturated heterocycles. The molecule has 0 N–H and O–H groups in total. The predicted molar refractivity (Wildman–Crippen MR) is 397 cm³/mol. The van der Waals surface area contributed by atoms with Crippen LogP contribution >= 0.6 is 0 Å². The standard InChI is InChI=1S/C23H25FN2O.C21H27FN2O.C20H27FN2O2.C20H25FN2O/c1-25(16-17-8-3-2-4-9-17)23(27)19-11-7-13-21-22(19)18-10-5-6-12-20(18)26(21)15-14-24;22-12-15-24-18-10-4-3-8-16(18)20-17(9-7-11-19(20)24)21(25)23-13-5-1-2-6-14-23;1-4-22(5-2)20(24)14-8-6-9-15-18(14)19-16(23(15)13-12-21)10-7-11-17(19)25-3;21-11-14-23-17-9-3-2-7-15(17)19-16(8-6-10-18(19)23)20(24)22-12-4-1-5-13-22/h2-6,8-10,12,19H,7,11,13-16H2,1H3;3-4,8,10,17H,1-2,5-7,9,11-15H2;7,10-11,14H,4-6,8-9,12-13H2,1-3H3;2-3,7,9,16H,1,4-6,8,10-14H2/i24-1;22-1;2*21-1. The zero-order valence-corrected chi connectivity index (χ0v) is 60.0. The summed E-state index contributed by atoms with van der Waals surface area (Å²) in [6, 6.07) is 40.4. The van der Waals surface area contributed by atoms with Crippen LogP contribution in [0.25, 0.3) is 43.6 Å². The molecule has 15 rings (SSSR count). The number of rotatable bonds is 17. The Morgan fingerprint density at radius 1 is 0.416 bits per heavy atom. The van der Waals surface area contributed by atoms with E-state index in [4.69, 9.17) is 4.74 Å². The van der Waals surface area contributed by atoms with Gasteiger partial charge in [0, 0.05) is 114 Å². The first kappa shape index (κ1) is 72.4. The number of amides is 4. The van der Waals surface area contributed by atoms with Crippen LogP contribution in [0.5, 0.6) is 5.75 Å². The molecule has 9 aromatic rings. The molecule has 4 atom stereocenters. The van der Waals surface area contributed by atoms with E-state index in [-0.39, 0.29) is 48.8 Å². The van der Waals surface area contributed by atoms with E-state index in [9.17, 15) is 36.7 Å². The van der Waals surface area contributed by atoms with E-state index >= 15 is 0 Å². The number of benzene rings is 5. The van der Waals surface area contributed by atoms with E-state index in [1.54, 1.807) is 7.11 Å². The van der Waals surface area contributed by atoms with Crippen LogP contribution in [0.2, 0.25) is 0 Å². The van der Waals surface area contributed by atoms with Crippen molar-refractivity contribution in [2.24, 2.45) is 0 Å². The van der Waals surface area contributed by atoms with Crippen molar-refractivity contribution in [2.45, 2.75) is 192 Å². The second-order valence-corrected chi connectivity index (χ2v) is 28.3. The van der Waals surface area contributed by atoms with Gasteiger partial charge < -0.3 is 42.6 Å². The Labute approximate surface area is 593 Å². The number of piperidine rings is 1. The molecule has 4 aromatic heterocycles. The average Bonchev–Trinajstić information content (AvgIpc) is 1.62. The number of carbonyl (C=O) groups excluding carboxylic acids is 4. The summed E-state index contributed by atoms with van der Waals surface area (Å²) in [6.45, 7) is 9.56. The summed E-state index contributed by atoms with van der Waals surface area (Å²) < 4.78 is 66.6. The molecule has 2 fully saturated rings. The molecule has 6 aliphatic rings. The van der Waals surface area contributed by atoms with Gasteiger partial charge in [-0.15, -0.1) is 0 Å². The number of alkyl halides is 4. The lowest BCUT2D eigenvalue weighted by molar-refractivity contribution is -0.134. The topological polar surface area (TPSA) is 110 Å². The number of hydrogen-bond acceptors (Lipinski definition) is 5. The summed E-state index contributed by atoms with van der Waals surface area (Å²) in [4.78, 5) is 60.8. The van der Waals surface area contributed by atoms with E-state index in [0.29, 0.717) is 57.6 Å². The molecule has 0 bridgehead atoms. The fourth-order valence-electron chi connectivity index (χ4n) is 18.0. The summed E-state index contributed by atoms with van der Waals surface area (Å²) in [5.74, 6) is 1.29. The maximum absolute atomic E-state index is 13.3. The molecular weight excluding hydrogens is 1270 g/mol. The molecule has 4 amide bonds. The highest BCUT2D eigenvalue weighted by molar-refractivity contribution is 5.99. The van der Waals surface area contributed by atoms with Crippen molar-refractivity contribution in [3.8, 4) is 5.75 Å². The molecule has 4 aliphatic carbocycles. The molecule has 0 spiro atoms. The van der Waals surface area contributed by atoms with E-state index in [2.05, 4.69) is 58.4 Å². The number of methoxy groups -OCH3 is 1. The van der Waals surface area contributed by atoms with Crippen LogP contribution in [0.4, 0.5) is 17.6 Å². The highest BCUT2D eigenvalue weighted by atomic mass is 18.2. The van der Waals surface area contributed by atoms with Crippen LogP contribution in [0.15, 0.2) is 121 Å². The van der Waals surface area contributed by atoms with Crippen LogP contribution in [-0.2, 0) is 77.6 Å². The summed E-state index contributed by atoms with van der Waals surface area (Å²) in [5.41, 5.74) is 14.5. The molecule has 538 valence electrons. The van der Waals surface area contributed by atoms with Gasteiger partial charge in [0.05, 0.1) is 62.5 Å². The number of nitrogens with zero attached hydrogens (tertiary/aromatic N) is 8.